The van der Waals surface area contributed by atoms with E-state index in [9.17, 15) is 4.79 Å². The predicted molar refractivity (Wildman–Crippen MR) is 143 cm³/mol. The molecule has 0 aliphatic carbocycles. The van der Waals surface area contributed by atoms with E-state index in [1.165, 1.54) is 29.5 Å². The van der Waals surface area contributed by atoms with Crippen molar-refractivity contribution in [3.8, 4) is 5.88 Å². The number of para-hydroxylation sites is 1. The van der Waals surface area contributed by atoms with Crippen LogP contribution in [0.25, 0.3) is 0 Å². The third kappa shape index (κ3) is 5.27. The molecule has 2 aromatic carbocycles. The molecule has 0 atom stereocenters. The van der Waals surface area contributed by atoms with E-state index < -0.39 is 0 Å². The number of ether oxygens (including phenoxy) is 1. The number of halogens is 2. The van der Waals surface area contributed by atoms with Crippen molar-refractivity contribution in [2.75, 3.05) is 44.1 Å². The number of hydrogen-bond donors (Lipinski definition) is 1. The lowest BCUT2D eigenvalue weighted by Crippen LogP contribution is -2.41. The Labute approximate surface area is 220 Å². The fourth-order valence-electron chi connectivity index (χ4n) is 4.60. The molecular formula is C26H28Cl2N6O2. The number of aromatic nitrogens is 2. The van der Waals surface area contributed by atoms with Crippen molar-refractivity contribution in [2.45, 2.75) is 25.4 Å². The molecule has 0 saturated carbocycles. The van der Waals surface area contributed by atoms with Gasteiger partial charge in [0.15, 0.2) is 6.73 Å². The van der Waals surface area contributed by atoms with Crippen molar-refractivity contribution in [3.63, 3.8) is 0 Å². The summed E-state index contributed by atoms with van der Waals surface area (Å²) in [4.78, 5) is 28.0. The molecule has 0 unspecified atom stereocenters. The lowest BCUT2D eigenvalue weighted by molar-refractivity contribution is 0.0932. The Morgan fingerprint density at radius 3 is 2.44 bits per heavy atom. The standard InChI is InChI=1S/C26H28Cl2N6O2/c1-32(2)19-10-12-33(13-11-19)15-17-6-8-18(9-7-17)30-26-29-14-20-24(31-26)36-16-34(25(20)35)23-21(27)4-3-5-22(23)28/h3-9,14,19H,10-13,15-16H2,1-2H3,(H,29,30,31). The van der Waals surface area contributed by atoms with Crippen LogP contribution in [0.15, 0.2) is 48.7 Å². The van der Waals surface area contributed by atoms with Crippen LogP contribution in [0.1, 0.15) is 28.8 Å². The van der Waals surface area contributed by atoms with Gasteiger partial charge in [-0.2, -0.15) is 4.98 Å². The number of fused-ring (bicyclic) bond motifs is 1. The number of carbonyl (C=O) groups is 1. The topological polar surface area (TPSA) is 73.8 Å². The summed E-state index contributed by atoms with van der Waals surface area (Å²) in [5.41, 5.74) is 2.77. The monoisotopic (exact) mass is 526 g/mol. The average Bonchev–Trinajstić information content (AvgIpc) is 2.87. The fourth-order valence-corrected chi connectivity index (χ4v) is 5.20. The molecule has 1 N–H and O–H groups in total. The molecule has 0 spiro atoms. The van der Waals surface area contributed by atoms with Gasteiger partial charge < -0.3 is 15.0 Å². The molecule has 188 valence electrons. The number of nitrogens with zero attached hydrogens (tertiary/aromatic N) is 5. The molecule has 2 aliphatic rings. The van der Waals surface area contributed by atoms with Crippen molar-refractivity contribution in [1.29, 1.82) is 0 Å². The molecule has 36 heavy (non-hydrogen) atoms. The summed E-state index contributed by atoms with van der Waals surface area (Å²) < 4.78 is 5.76. The molecule has 3 heterocycles. The first-order valence-electron chi connectivity index (χ1n) is 11.9. The Bertz CT molecular complexity index is 1230. The van der Waals surface area contributed by atoms with Crippen LogP contribution in [-0.4, -0.2) is 65.6 Å². The summed E-state index contributed by atoms with van der Waals surface area (Å²) in [7, 11) is 4.32. The number of nitrogens with one attached hydrogen (secondary N) is 1. The van der Waals surface area contributed by atoms with E-state index in [0.29, 0.717) is 27.7 Å². The number of likely N-dealkylation sites (tertiary alicyclic amines) is 1. The van der Waals surface area contributed by atoms with E-state index in [1.807, 2.05) is 12.1 Å². The van der Waals surface area contributed by atoms with E-state index in [-0.39, 0.29) is 24.1 Å². The number of rotatable bonds is 6. The van der Waals surface area contributed by atoms with Crippen molar-refractivity contribution in [3.05, 3.63) is 69.8 Å². The third-order valence-electron chi connectivity index (χ3n) is 6.67. The fraction of sp³-hybridized carbons (Fsp3) is 0.346. The van der Waals surface area contributed by atoms with Gasteiger partial charge in [-0.1, -0.05) is 41.4 Å². The number of benzene rings is 2. The molecule has 10 heteroatoms. The highest BCUT2D eigenvalue weighted by Crippen LogP contribution is 2.37. The maximum Gasteiger partial charge on any atom is 0.268 e. The molecule has 1 saturated heterocycles. The first-order valence-corrected chi connectivity index (χ1v) is 12.6. The second-order valence-corrected chi connectivity index (χ2v) is 10.1. The van der Waals surface area contributed by atoms with Gasteiger partial charge in [-0.05, 0) is 69.9 Å². The van der Waals surface area contributed by atoms with Gasteiger partial charge in [0, 0.05) is 24.5 Å². The van der Waals surface area contributed by atoms with Gasteiger partial charge in [0.1, 0.15) is 5.56 Å². The SMILES string of the molecule is CN(C)C1CCN(Cc2ccc(Nc3ncc4c(n3)OCN(c3c(Cl)cccc3Cl)C4=O)cc2)CC1. The Hall–Kier alpha value is -2.91. The number of amides is 1. The Balaban J connectivity index is 1.22. The van der Waals surface area contributed by atoms with Crippen molar-refractivity contribution >= 4 is 46.4 Å². The minimum Gasteiger partial charge on any atom is -0.455 e. The highest BCUT2D eigenvalue weighted by atomic mass is 35.5. The first-order chi connectivity index (χ1) is 17.4. The van der Waals surface area contributed by atoms with Crippen LogP contribution in [0.5, 0.6) is 5.88 Å². The normalized spacial score (nSPS) is 16.7. The van der Waals surface area contributed by atoms with Crippen LogP contribution in [0.3, 0.4) is 0 Å². The smallest absolute Gasteiger partial charge is 0.268 e. The van der Waals surface area contributed by atoms with Gasteiger partial charge in [0.2, 0.25) is 11.8 Å². The molecule has 0 bridgehead atoms. The van der Waals surface area contributed by atoms with Gasteiger partial charge in [-0.15, -0.1) is 0 Å². The zero-order valence-corrected chi connectivity index (χ0v) is 21.8. The molecule has 2 aliphatic heterocycles. The molecule has 8 nitrogen and oxygen atoms in total. The molecular weight excluding hydrogens is 499 g/mol. The van der Waals surface area contributed by atoms with Gasteiger partial charge in [-0.3, -0.25) is 14.6 Å². The van der Waals surface area contributed by atoms with Crippen LogP contribution < -0.4 is 15.0 Å². The van der Waals surface area contributed by atoms with E-state index in [0.717, 1.165) is 25.3 Å². The molecule has 3 aromatic rings. The van der Waals surface area contributed by atoms with Crippen LogP contribution in [0, 0.1) is 0 Å². The highest BCUT2D eigenvalue weighted by molar-refractivity contribution is 6.40. The molecule has 1 amide bonds. The van der Waals surface area contributed by atoms with Crippen LogP contribution in [0.2, 0.25) is 10.0 Å². The minimum absolute atomic E-state index is 0.0494. The van der Waals surface area contributed by atoms with Gasteiger partial charge in [-0.25, -0.2) is 4.98 Å². The average molecular weight is 527 g/mol. The van der Waals surface area contributed by atoms with Crippen LogP contribution in [-0.2, 0) is 6.54 Å². The van der Waals surface area contributed by atoms with Crippen molar-refractivity contribution in [2.24, 2.45) is 0 Å². The number of piperidine rings is 1. The number of hydrogen-bond acceptors (Lipinski definition) is 7. The van der Waals surface area contributed by atoms with Crippen LogP contribution >= 0.6 is 23.2 Å². The highest BCUT2D eigenvalue weighted by Gasteiger charge is 2.31. The molecule has 5 rings (SSSR count). The van der Waals surface area contributed by atoms with Crippen LogP contribution in [0.4, 0.5) is 17.3 Å². The van der Waals surface area contributed by atoms with E-state index in [1.54, 1.807) is 18.2 Å². The van der Waals surface area contributed by atoms with E-state index in [4.69, 9.17) is 27.9 Å². The summed E-state index contributed by atoms with van der Waals surface area (Å²) in [5.74, 6) is 0.246. The predicted octanol–water partition coefficient (Wildman–Crippen LogP) is 5.05. The number of carbonyl (C=O) groups excluding carboxylic acids is 1. The second kappa shape index (κ2) is 10.6. The zero-order valence-electron chi connectivity index (χ0n) is 20.2. The summed E-state index contributed by atoms with van der Waals surface area (Å²) in [6, 6.07) is 14.0. The largest absolute Gasteiger partial charge is 0.455 e. The first kappa shape index (κ1) is 24.8. The Kier molecular flexibility index (Phi) is 7.29. The molecule has 0 radical (unpaired) electrons. The summed E-state index contributed by atoms with van der Waals surface area (Å²) in [5, 5.41) is 3.92. The van der Waals surface area contributed by atoms with E-state index in [2.05, 4.69) is 51.3 Å². The number of anilines is 3. The van der Waals surface area contributed by atoms with Crippen molar-refractivity contribution in [1.82, 2.24) is 19.8 Å². The van der Waals surface area contributed by atoms with Gasteiger partial charge in [0.25, 0.3) is 5.91 Å². The quantitative estimate of drug-likeness (QED) is 0.481. The lowest BCUT2D eigenvalue weighted by atomic mass is 10.0. The summed E-state index contributed by atoms with van der Waals surface area (Å²) in [6.45, 7) is 3.12. The zero-order chi connectivity index (χ0) is 25.2. The Morgan fingerprint density at radius 1 is 1.08 bits per heavy atom. The van der Waals surface area contributed by atoms with E-state index >= 15 is 0 Å². The minimum atomic E-state index is -0.322. The third-order valence-corrected chi connectivity index (χ3v) is 7.28. The second-order valence-electron chi connectivity index (χ2n) is 9.28. The maximum absolute atomic E-state index is 13.1. The van der Waals surface area contributed by atoms with Gasteiger partial charge >= 0.3 is 0 Å². The van der Waals surface area contributed by atoms with Crippen molar-refractivity contribution < 1.29 is 9.53 Å². The molecule has 1 aromatic heterocycles. The summed E-state index contributed by atoms with van der Waals surface area (Å²) >= 11 is 12.5. The van der Waals surface area contributed by atoms with Gasteiger partial charge in [0.05, 0.1) is 15.7 Å². The summed E-state index contributed by atoms with van der Waals surface area (Å²) in [6.07, 6.45) is 3.86. The molecule has 1 fully saturated rings. The Morgan fingerprint density at radius 2 is 1.78 bits per heavy atom. The maximum atomic E-state index is 13.1. The lowest BCUT2D eigenvalue weighted by Gasteiger charge is -2.35.